The number of aromatic carboxylic acids is 2. The van der Waals surface area contributed by atoms with Crippen LogP contribution in [0.1, 0.15) is 31.8 Å². The zero-order valence-corrected chi connectivity index (χ0v) is 11.2. The maximum absolute atomic E-state index is 11.5. The zero-order valence-electron chi connectivity index (χ0n) is 11.2. The minimum absolute atomic E-state index is 0.0123. The lowest BCUT2D eigenvalue weighted by molar-refractivity contribution is 0.0696. The van der Waals surface area contributed by atoms with Crippen LogP contribution in [0.5, 0.6) is 0 Å². The van der Waals surface area contributed by atoms with Gasteiger partial charge in [0.1, 0.15) is 0 Å². The molecule has 0 radical (unpaired) electrons. The molecule has 0 spiro atoms. The van der Waals surface area contributed by atoms with Crippen LogP contribution < -0.4 is 0 Å². The molecule has 4 heteroatoms. The molecule has 2 rings (SSSR count). The molecule has 0 aliphatic rings. The standard InChI is InChI=1S/C16H14O4/c1-9-3-5-11(6-4-9)13-8-7-12(15(17)18)10(2)14(13)16(19)20/h3-8H,1-2H3,(H,17,18)(H,19,20). The summed E-state index contributed by atoms with van der Waals surface area (Å²) in [7, 11) is 0. The summed E-state index contributed by atoms with van der Waals surface area (Å²) in [6, 6.07) is 10.4. The molecule has 0 bridgehead atoms. The van der Waals surface area contributed by atoms with Gasteiger partial charge in [-0.25, -0.2) is 9.59 Å². The third kappa shape index (κ3) is 2.40. The van der Waals surface area contributed by atoms with E-state index in [4.69, 9.17) is 5.11 Å². The molecule has 0 amide bonds. The summed E-state index contributed by atoms with van der Waals surface area (Å²) < 4.78 is 0. The van der Waals surface area contributed by atoms with E-state index in [0.29, 0.717) is 5.56 Å². The van der Waals surface area contributed by atoms with E-state index in [0.717, 1.165) is 11.1 Å². The summed E-state index contributed by atoms with van der Waals surface area (Å²) in [6.45, 7) is 3.46. The molecule has 2 aromatic carbocycles. The van der Waals surface area contributed by atoms with Crippen molar-refractivity contribution in [1.82, 2.24) is 0 Å². The maximum Gasteiger partial charge on any atom is 0.336 e. The smallest absolute Gasteiger partial charge is 0.336 e. The summed E-state index contributed by atoms with van der Waals surface area (Å²) >= 11 is 0. The first kappa shape index (κ1) is 13.8. The predicted octanol–water partition coefficient (Wildman–Crippen LogP) is 3.37. The number of aryl methyl sites for hydroxylation is 1. The quantitative estimate of drug-likeness (QED) is 0.896. The molecule has 102 valence electrons. The van der Waals surface area contributed by atoms with Crippen LogP contribution in [0.25, 0.3) is 11.1 Å². The average molecular weight is 270 g/mol. The SMILES string of the molecule is Cc1ccc(-c2ccc(C(=O)O)c(C)c2C(=O)O)cc1. The molecular weight excluding hydrogens is 256 g/mol. The van der Waals surface area contributed by atoms with Crippen molar-refractivity contribution >= 4 is 11.9 Å². The Morgan fingerprint density at radius 3 is 1.95 bits per heavy atom. The second-order valence-electron chi connectivity index (χ2n) is 4.64. The van der Waals surface area contributed by atoms with Crippen molar-refractivity contribution < 1.29 is 19.8 Å². The number of carboxylic acid groups (broad SMARTS) is 2. The Morgan fingerprint density at radius 2 is 1.45 bits per heavy atom. The van der Waals surface area contributed by atoms with Gasteiger partial charge in [0, 0.05) is 0 Å². The number of rotatable bonds is 3. The number of hydrogen-bond donors (Lipinski definition) is 2. The van der Waals surface area contributed by atoms with Crippen LogP contribution in [0.2, 0.25) is 0 Å². The van der Waals surface area contributed by atoms with Crippen molar-refractivity contribution in [3.63, 3.8) is 0 Å². The van der Waals surface area contributed by atoms with Crippen molar-refractivity contribution in [1.29, 1.82) is 0 Å². The third-order valence-electron chi connectivity index (χ3n) is 3.27. The first-order chi connectivity index (χ1) is 9.41. The minimum Gasteiger partial charge on any atom is -0.478 e. The van der Waals surface area contributed by atoms with Crippen molar-refractivity contribution in [3.8, 4) is 11.1 Å². The Morgan fingerprint density at radius 1 is 0.850 bits per heavy atom. The van der Waals surface area contributed by atoms with E-state index >= 15 is 0 Å². The Bertz CT molecular complexity index is 684. The molecule has 0 saturated carbocycles. The molecular formula is C16H14O4. The number of hydrogen-bond acceptors (Lipinski definition) is 2. The summed E-state index contributed by atoms with van der Waals surface area (Å²) in [6.07, 6.45) is 0. The molecule has 20 heavy (non-hydrogen) atoms. The van der Waals surface area contributed by atoms with Gasteiger partial charge < -0.3 is 10.2 Å². The highest BCUT2D eigenvalue weighted by molar-refractivity contribution is 6.02. The van der Waals surface area contributed by atoms with Gasteiger partial charge in [-0.3, -0.25) is 0 Å². The lowest BCUT2D eigenvalue weighted by Gasteiger charge is -2.12. The fourth-order valence-corrected chi connectivity index (χ4v) is 2.19. The van der Waals surface area contributed by atoms with Crippen LogP contribution in [-0.4, -0.2) is 22.2 Å². The summed E-state index contributed by atoms with van der Waals surface area (Å²) in [4.78, 5) is 22.6. The van der Waals surface area contributed by atoms with Crippen LogP contribution in [0.4, 0.5) is 0 Å². The van der Waals surface area contributed by atoms with Crippen LogP contribution in [0.15, 0.2) is 36.4 Å². The van der Waals surface area contributed by atoms with E-state index in [-0.39, 0.29) is 16.7 Å². The largest absolute Gasteiger partial charge is 0.478 e. The lowest BCUT2D eigenvalue weighted by Crippen LogP contribution is -2.09. The van der Waals surface area contributed by atoms with Crippen LogP contribution in [0.3, 0.4) is 0 Å². The molecule has 0 unspecified atom stereocenters. The summed E-state index contributed by atoms with van der Waals surface area (Å²) in [5.74, 6) is -2.25. The van der Waals surface area contributed by atoms with Gasteiger partial charge in [-0.05, 0) is 36.6 Å². The van der Waals surface area contributed by atoms with Gasteiger partial charge in [0.05, 0.1) is 11.1 Å². The van der Waals surface area contributed by atoms with Gasteiger partial charge >= 0.3 is 11.9 Å². The average Bonchev–Trinajstić information content (AvgIpc) is 2.38. The zero-order chi connectivity index (χ0) is 14.9. The van der Waals surface area contributed by atoms with Gasteiger partial charge in [-0.15, -0.1) is 0 Å². The molecule has 2 aromatic rings. The van der Waals surface area contributed by atoms with Crippen molar-refractivity contribution in [2.75, 3.05) is 0 Å². The van der Waals surface area contributed by atoms with Gasteiger partial charge in [0.2, 0.25) is 0 Å². The third-order valence-corrected chi connectivity index (χ3v) is 3.27. The molecule has 0 aliphatic carbocycles. The summed E-state index contributed by atoms with van der Waals surface area (Å²) in [5, 5.41) is 18.5. The molecule has 0 saturated heterocycles. The number of benzene rings is 2. The monoisotopic (exact) mass is 270 g/mol. The fourth-order valence-electron chi connectivity index (χ4n) is 2.19. The Labute approximate surface area is 116 Å². The highest BCUT2D eigenvalue weighted by atomic mass is 16.4. The second kappa shape index (κ2) is 5.17. The van der Waals surface area contributed by atoms with E-state index in [1.807, 2.05) is 31.2 Å². The number of carbonyl (C=O) groups is 2. The highest BCUT2D eigenvalue weighted by Crippen LogP contribution is 2.28. The molecule has 0 aromatic heterocycles. The second-order valence-corrected chi connectivity index (χ2v) is 4.64. The first-order valence-corrected chi connectivity index (χ1v) is 6.09. The predicted molar refractivity (Wildman–Crippen MR) is 75.3 cm³/mol. The van der Waals surface area contributed by atoms with Gasteiger partial charge in [-0.1, -0.05) is 35.9 Å². The lowest BCUT2D eigenvalue weighted by atomic mass is 9.92. The van der Waals surface area contributed by atoms with Gasteiger partial charge in [-0.2, -0.15) is 0 Å². The highest BCUT2D eigenvalue weighted by Gasteiger charge is 2.20. The normalized spacial score (nSPS) is 10.3. The Balaban J connectivity index is 2.71. The van der Waals surface area contributed by atoms with E-state index in [1.165, 1.54) is 13.0 Å². The molecule has 0 aliphatic heterocycles. The summed E-state index contributed by atoms with van der Waals surface area (Å²) in [5.41, 5.74) is 2.67. The van der Waals surface area contributed by atoms with Gasteiger partial charge in [0.25, 0.3) is 0 Å². The molecule has 0 heterocycles. The first-order valence-electron chi connectivity index (χ1n) is 6.09. The molecule has 0 fully saturated rings. The van der Waals surface area contributed by atoms with E-state index in [2.05, 4.69) is 0 Å². The van der Waals surface area contributed by atoms with Crippen LogP contribution >= 0.6 is 0 Å². The molecule has 0 atom stereocenters. The van der Waals surface area contributed by atoms with Crippen LogP contribution in [-0.2, 0) is 0 Å². The van der Waals surface area contributed by atoms with E-state index in [9.17, 15) is 14.7 Å². The molecule has 2 N–H and O–H groups in total. The van der Waals surface area contributed by atoms with Crippen molar-refractivity contribution in [2.45, 2.75) is 13.8 Å². The molecule has 4 nitrogen and oxygen atoms in total. The number of carboxylic acids is 2. The maximum atomic E-state index is 11.5. The Hall–Kier alpha value is -2.62. The van der Waals surface area contributed by atoms with Gasteiger partial charge in [0.15, 0.2) is 0 Å². The van der Waals surface area contributed by atoms with Crippen molar-refractivity contribution in [3.05, 3.63) is 58.7 Å². The van der Waals surface area contributed by atoms with E-state index in [1.54, 1.807) is 6.07 Å². The van der Waals surface area contributed by atoms with Crippen molar-refractivity contribution in [2.24, 2.45) is 0 Å². The topological polar surface area (TPSA) is 74.6 Å². The van der Waals surface area contributed by atoms with Crippen LogP contribution in [0, 0.1) is 13.8 Å². The fraction of sp³-hybridized carbons (Fsp3) is 0.125. The minimum atomic E-state index is -1.12. The van der Waals surface area contributed by atoms with E-state index < -0.39 is 11.9 Å². The Kier molecular flexibility index (Phi) is 3.57.